The molecule has 1 fully saturated rings. The summed E-state index contributed by atoms with van der Waals surface area (Å²) in [4.78, 5) is 6.33. The Balaban J connectivity index is 1.86. The molecule has 4 nitrogen and oxygen atoms in total. The average molecular weight is 244 g/mol. The van der Waals surface area contributed by atoms with Crippen molar-refractivity contribution < 1.29 is 0 Å². The van der Waals surface area contributed by atoms with Gasteiger partial charge in [0.05, 0.1) is 0 Å². The van der Waals surface area contributed by atoms with Crippen LogP contribution in [0.1, 0.15) is 24.1 Å². The van der Waals surface area contributed by atoms with Gasteiger partial charge >= 0.3 is 0 Å². The van der Waals surface area contributed by atoms with Crippen LogP contribution >= 0.6 is 0 Å². The molecule has 2 heterocycles. The first-order valence-electron chi connectivity index (χ1n) is 6.52. The van der Waals surface area contributed by atoms with E-state index in [4.69, 9.17) is 5.26 Å². The van der Waals surface area contributed by atoms with Gasteiger partial charge < -0.3 is 10.2 Å². The molecule has 2 rings (SSSR count). The van der Waals surface area contributed by atoms with Crippen LogP contribution in [-0.2, 0) is 6.54 Å². The molecule has 1 aliphatic heterocycles. The number of rotatable bonds is 4. The minimum absolute atomic E-state index is 0.503. The van der Waals surface area contributed by atoms with Crippen molar-refractivity contribution in [3.8, 4) is 6.07 Å². The highest BCUT2D eigenvalue weighted by Gasteiger charge is 2.15. The first-order chi connectivity index (χ1) is 8.78. The maximum Gasteiger partial charge on any atom is 0.140 e. The number of aromatic nitrogens is 1. The molecule has 1 aromatic rings. The molecule has 1 aliphatic rings. The molecule has 0 radical (unpaired) electrons. The van der Waals surface area contributed by atoms with Crippen LogP contribution in [0.4, 0.5) is 0 Å². The van der Waals surface area contributed by atoms with Gasteiger partial charge in [-0.15, -0.1) is 0 Å². The maximum absolute atomic E-state index is 8.82. The number of nitrogens with zero attached hydrogens (tertiary/aromatic N) is 3. The average Bonchev–Trinajstić information content (AvgIpc) is 2.40. The Labute approximate surface area is 109 Å². The van der Waals surface area contributed by atoms with Crippen molar-refractivity contribution in [3.05, 3.63) is 29.6 Å². The lowest BCUT2D eigenvalue weighted by atomic mass is 9.97. The van der Waals surface area contributed by atoms with E-state index in [1.54, 1.807) is 6.20 Å². The third-order valence-corrected chi connectivity index (χ3v) is 3.42. The van der Waals surface area contributed by atoms with E-state index in [9.17, 15) is 0 Å². The Bertz CT molecular complexity index is 418. The molecule has 4 heteroatoms. The van der Waals surface area contributed by atoms with E-state index in [1.165, 1.54) is 12.8 Å². The summed E-state index contributed by atoms with van der Waals surface area (Å²) >= 11 is 0. The highest BCUT2D eigenvalue weighted by molar-refractivity contribution is 5.25. The molecule has 96 valence electrons. The van der Waals surface area contributed by atoms with Crippen LogP contribution in [0.2, 0.25) is 0 Å². The summed E-state index contributed by atoms with van der Waals surface area (Å²) in [7, 11) is 2.15. The Hall–Kier alpha value is -1.44. The highest BCUT2D eigenvalue weighted by atomic mass is 15.1. The number of piperidine rings is 1. The van der Waals surface area contributed by atoms with Gasteiger partial charge in [-0.05, 0) is 56.6 Å². The monoisotopic (exact) mass is 244 g/mol. The van der Waals surface area contributed by atoms with E-state index < -0.39 is 0 Å². The summed E-state index contributed by atoms with van der Waals surface area (Å²) in [6, 6.07) is 5.94. The van der Waals surface area contributed by atoms with Gasteiger partial charge in [0, 0.05) is 19.3 Å². The minimum atomic E-state index is 0.503. The van der Waals surface area contributed by atoms with Crippen molar-refractivity contribution in [1.82, 2.24) is 15.2 Å². The van der Waals surface area contributed by atoms with Gasteiger partial charge in [0.2, 0.25) is 0 Å². The summed E-state index contributed by atoms with van der Waals surface area (Å²) in [5.41, 5.74) is 1.67. The third-order valence-electron chi connectivity index (χ3n) is 3.42. The van der Waals surface area contributed by atoms with Crippen LogP contribution in [0, 0.1) is 17.2 Å². The Kier molecular flexibility index (Phi) is 4.68. The minimum Gasteiger partial charge on any atom is -0.317 e. The van der Waals surface area contributed by atoms with Crippen molar-refractivity contribution in [2.45, 2.75) is 19.4 Å². The van der Waals surface area contributed by atoms with E-state index >= 15 is 0 Å². The SMILES string of the molecule is CN(Cc1ccnc(C#N)c1)CC1CCNCC1. The van der Waals surface area contributed by atoms with Crippen LogP contribution in [-0.4, -0.2) is 36.6 Å². The van der Waals surface area contributed by atoms with Crippen LogP contribution in [0.15, 0.2) is 18.3 Å². The van der Waals surface area contributed by atoms with Gasteiger partial charge in [0.1, 0.15) is 11.8 Å². The van der Waals surface area contributed by atoms with Crippen LogP contribution in [0.25, 0.3) is 0 Å². The number of hydrogen-bond donors (Lipinski definition) is 1. The number of nitrogens with one attached hydrogen (secondary N) is 1. The number of hydrogen-bond acceptors (Lipinski definition) is 4. The molecule has 0 spiro atoms. The lowest BCUT2D eigenvalue weighted by Crippen LogP contribution is -2.34. The molecule has 0 atom stereocenters. The molecule has 1 N–H and O–H groups in total. The summed E-state index contributed by atoms with van der Waals surface area (Å²) in [5.74, 6) is 0.800. The first-order valence-corrected chi connectivity index (χ1v) is 6.52. The zero-order valence-corrected chi connectivity index (χ0v) is 10.9. The topological polar surface area (TPSA) is 52.0 Å². The fraction of sp³-hybridized carbons (Fsp3) is 0.571. The van der Waals surface area contributed by atoms with Gasteiger partial charge in [-0.1, -0.05) is 0 Å². The van der Waals surface area contributed by atoms with Crippen molar-refractivity contribution in [2.75, 3.05) is 26.7 Å². The van der Waals surface area contributed by atoms with Crippen molar-refractivity contribution >= 4 is 0 Å². The molecule has 0 aliphatic carbocycles. The van der Waals surface area contributed by atoms with E-state index in [1.807, 2.05) is 12.1 Å². The number of nitriles is 1. The quantitative estimate of drug-likeness (QED) is 0.869. The summed E-state index contributed by atoms with van der Waals surface area (Å²) in [6.07, 6.45) is 4.25. The van der Waals surface area contributed by atoms with Crippen LogP contribution in [0.3, 0.4) is 0 Å². The molecule has 0 amide bonds. The van der Waals surface area contributed by atoms with Crippen LogP contribution < -0.4 is 5.32 Å². The fourth-order valence-corrected chi connectivity index (χ4v) is 2.52. The fourth-order valence-electron chi connectivity index (χ4n) is 2.52. The molecule has 18 heavy (non-hydrogen) atoms. The second-order valence-corrected chi connectivity index (χ2v) is 5.05. The smallest absolute Gasteiger partial charge is 0.140 e. The van der Waals surface area contributed by atoms with Crippen molar-refractivity contribution in [3.63, 3.8) is 0 Å². The highest BCUT2D eigenvalue weighted by Crippen LogP contribution is 2.14. The van der Waals surface area contributed by atoms with Crippen LogP contribution in [0.5, 0.6) is 0 Å². The Morgan fingerprint density at radius 3 is 3.00 bits per heavy atom. The van der Waals surface area contributed by atoms with Gasteiger partial charge in [-0.2, -0.15) is 5.26 Å². The molecule has 0 bridgehead atoms. The summed E-state index contributed by atoms with van der Waals surface area (Å²) in [6.45, 7) is 4.31. The molecule has 0 saturated carbocycles. The Morgan fingerprint density at radius 2 is 2.28 bits per heavy atom. The molecule has 0 unspecified atom stereocenters. The van der Waals surface area contributed by atoms with Crippen molar-refractivity contribution in [1.29, 1.82) is 5.26 Å². The zero-order valence-electron chi connectivity index (χ0n) is 10.9. The molecule has 1 saturated heterocycles. The van der Waals surface area contributed by atoms with Gasteiger partial charge in [-0.3, -0.25) is 0 Å². The van der Waals surface area contributed by atoms with E-state index in [2.05, 4.69) is 28.3 Å². The van der Waals surface area contributed by atoms with Gasteiger partial charge in [-0.25, -0.2) is 4.98 Å². The Morgan fingerprint density at radius 1 is 1.50 bits per heavy atom. The summed E-state index contributed by atoms with van der Waals surface area (Å²) in [5, 5.41) is 12.2. The molecule has 1 aromatic heterocycles. The lowest BCUT2D eigenvalue weighted by molar-refractivity contribution is 0.234. The van der Waals surface area contributed by atoms with E-state index in [-0.39, 0.29) is 0 Å². The molecule has 0 aromatic carbocycles. The summed E-state index contributed by atoms with van der Waals surface area (Å²) < 4.78 is 0. The normalized spacial score (nSPS) is 16.7. The first kappa shape index (κ1) is 13.0. The molecular formula is C14H20N4. The number of pyridine rings is 1. The zero-order chi connectivity index (χ0) is 12.8. The second kappa shape index (κ2) is 6.48. The van der Waals surface area contributed by atoms with E-state index in [0.29, 0.717) is 5.69 Å². The second-order valence-electron chi connectivity index (χ2n) is 5.05. The third kappa shape index (κ3) is 3.80. The predicted molar refractivity (Wildman–Crippen MR) is 70.9 cm³/mol. The van der Waals surface area contributed by atoms with E-state index in [0.717, 1.165) is 37.7 Å². The maximum atomic E-state index is 8.82. The molecular weight excluding hydrogens is 224 g/mol. The van der Waals surface area contributed by atoms with Gasteiger partial charge in [0.15, 0.2) is 0 Å². The standard InChI is InChI=1S/C14H20N4/c1-18(10-12-2-5-16-6-3-12)11-13-4-7-17-14(8-13)9-15/h4,7-8,12,16H,2-3,5-6,10-11H2,1H3. The van der Waals surface area contributed by atoms with Crippen molar-refractivity contribution in [2.24, 2.45) is 5.92 Å². The largest absolute Gasteiger partial charge is 0.317 e. The lowest BCUT2D eigenvalue weighted by Gasteiger charge is -2.27. The van der Waals surface area contributed by atoms with Gasteiger partial charge in [0.25, 0.3) is 0 Å². The predicted octanol–water partition coefficient (Wildman–Crippen LogP) is 1.38.